The third kappa shape index (κ3) is 2.16. The van der Waals surface area contributed by atoms with E-state index in [1.807, 2.05) is 0 Å². The van der Waals surface area contributed by atoms with Crippen molar-refractivity contribution >= 4 is 5.69 Å². The predicted octanol–water partition coefficient (Wildman–Crippen LogP) is 3.04. The van der Waals surface area contributed by atoms with Gasteiger partial charge in [-0.2, -0.15) is 0 Å². The monoisotopic (exact) mass is 221 g/mol. The zero-order valence-corrected chi connectivity index (χ0v) is 8.87. The summed E-state index contributed by atoms with van der Waals surface area (Å²) >= 11 is 0. The summed E-state index contributed by atoms with van der Waals surface area (Å²) in [4.78, 5) is 0. The Labute approximate surface area is 92.8 Å². The van der Waals surface area contributed by atoms with Gasteiger partial charge in [0.15, 0.2) is 11.6 Å². The van der Waals surface area contributed by atoms with E-state index in [0.29, 0.717) is 11.4 Å². The first-order chi connectivity index (χ1) is 7.81. The molecule has 0 unspecified atom stereocenters. The second kappa shape index (κ2) is 4.70. The summed E-state index contributed by atoms with van der Waals surface area (Å²) in [7, 11) is 1.72. The molecule has 84 valence electrons. The van der Waals surface area contributed by atoms with Crippen molar-refractivity contribution in [3.05, 3.63) is 48.2 Å². The Kier molecular flexibility index (Phi) is 3.10. The van der Waals surface area contributed by atoms with E-state index in [-0.39, 0.29) is 12.4 Å². The molecule has 4 heteroatoms. The van der Waals surface area contributed by atoms with Gasteiger partial charge in [0, 0.05) is 7.05 Å². The second-order valence-corrected chi connectivity index (χ2v) is 3.23. The lowest BCUT2D eigenvalue weighted by molar-refractivity contribution is 0.260. The molecule has 0 bridgehead atoms. The standard InChI is InChI=1S/C12H12FNO2/c1-14-11-6-2-5-10(13)12(11)16-8-9-4-3-7-15-9/h2-7,14H,8H2,1H3. The molecule has 1 N–H and O–H groups in total. The van der Waals surface area contributed by atoms with Crippen molar-refractivity contribution in [2.24, 2.45) is 0 Å². The van der Waals surface area contributed by atoms with Crippen LogP contribution < -0.4 is 10.1 Å². The number of ether oxygens (including phenoxy) is 1. The molecule has 0 atom stereocenters. The van der Waals surface area contributed by atoms with E-state index in [1.165, 1.54) is 6.07 Å². The summed E-state index contributed by atoms with van der Waals surface area (Å²) in [5, 5.41) is 2.87. The van der Waals surface area contributed by atoms with Crippen molar-refractivity contribution < 1.29 is 13.5 Å². The van der Waals surface area contributed by atoms with Crippen molar-refractivity contribution in [2.75, 3.05) is 12.4 Å². The lowest BCUT2D eigenvalue weighted by Crippen LogP contribution is -2.00. The fraction of sp³-hybridized carbons (Fsp3) is 0.167. The number of hydrogen-bond donors (Lipinski definition) is 1. The zero-order valence-electron chi connectivity index (χ0n) is 8.87. The number of halogens is 1. The number of anilines is 1. The Bertz CT molecular complexity index is 454. The molecule has 0 saturated heterocycles. The molecular formula is C12H12FNO2. The smallest absolute Gasteiger partial charge is 0.178 e. The van der Waals surface area contributed by atoms with Crippen molar-refractivity contribution in [1.82, 2.24) is 0 Å². The highest BCUT2D eigenvalue weighted by atomic mass is 19.1. The van der Waals surface area contributed by atoms with Crippen LogP contribution in [0.5, 0.6) is 5.75 Å². The highest BCUT2D eigenvalue weighted by Crippen LogP contribution is 2.27. The molecule has 1 aromatic carbocycles. The maximum absolute atomic E-state index is 13.5. The number of rotatable bonds is 4. The number of nitrogens with one attached hydrogen (secondary N) is 1. The summed E-state index contributed by atoms with van der Waals surface area (Å²) in [6.45, 7) is 0.211. The van der Waals surface area contributed by atoms with E-state index in [2.05, 4.69) is 5.32 Å². The Morgan fingerprint density at radius 1 is 1.31 bits per heavy atom. The third-order valence-electron chi connectivity index (χ3n) is 2.18. The fourth-order valence-electron chi connectivity index (χ4n) is 1.39. The highest BCUT2D eigenvalue weighted by molar-refractivity contribution is 5.56. The van der Waals surface area contributed by atoms with Crippen LogP contribution in [0.1, 0.15) is 5.76 Å². The highest BCUT2D eigenvalue weighted by Gasteiger charge is 2.09. The SMILES string of the molecule is CNc1cccc(F)c1OCc1ccco1. The summed E-state index contributed by atoms with van der Waals surface area (Å²) in [6.07, 6.45) is 1.55. The van der Waals surface area contributed by atoms with Gasteiger partial charge in [-0.25, -0.2) is 4.39 Å². The van der Waals surface area contributed by atoms with Crippen LogP contribution in [0.25, 0.3) is 0 Å². The van der Waals surface area contributed by atoms with Gasteiger partial charge in [-0.05, 0) is 24.3 Å². The average Bonchev–Trinajstić information content (AvgIpc) is 2.80. The summed E-state index contributed by atoms with van der Waals surface area (Å²) in [5.74, 6) is 0.477. The van der Waals surface area contributed by atoms with Crippen LogP contribution in [0.4, 0.5) is 10.1 Å². The molecule has 0 aliphatic rings. The van der Waals surface area contributed by atoms with Crippen molar-refractivity contribution in [3.63, 3.8) is 0 Å². The van der Waals surface area contributed by atoms with Crippen LogP contribution in [0.2, 0.25) is 0 Å². The number of benzene rings is 1. The molecule has 3 nitrogen and oxygen atoms in total. The Morgan fingerprint density at radius 3 is 2.88 bits per heavy atom. The Balaban J connectivity index is 2.14. The molecule has 1 aromatic heterocycles. The molecule has 0 amide bonds. The molecular weight excluding hydrogens is 209 g/mol. The van der Waals surface area contributed by atoms with Crippen molar-refractivity contribution in [2.45, 2.75) is 6.61 Å². The first-order valence-electron chi connectivity index (χ1n) is 4.92. The van der Waals surface area contributed by atoms with Gasteiger partial charge in [0.05, 0.1) is 12.0 Å². The number of hydrogen-bond acceptors (Lipinski definition) is 3. The number of furan rings is 1. The summed E-state index contributed by atoms with van der Waals surface area (Å²) in [6, 6.07) is 8.28. The molecule has 0 aliphatic heterocycles. The summed E-state index contributed by atoms with van der Waals surface area (Å²) < 4.78 is 23.9. The molecule has 0 spiro atoms. The first kappa shape index (κ1) is 10.5. The molecule has 0 radical (unpaired) electrons. The van der Waals surface area contributed by atoms with Gasteiger partial charge in [-0.15, -0.1) is 0 Å². The van der Waals surface area contributed by atoms with Gasteiger partial charge in [0.1, 0.15) is 12.4 Å². The normalized spacial score (nSPS) is 10.1. The van der Waals surface area contributed by atoms with Crippen LogP contribution in [-0.4, -0.2) is 7.05 Å². The second-order valence-electron chi connectivity index (χ2n) is 3.23. The van der Waals surface area contributed by atoms with E-state index in [1.54, 1.807) is 37.6 Å². The molecule has 0 fully saturated rings. The maximum Gasteiger partial charge on any atom is 0.178 e. The van der Waals surface area contributed by atoms with E-state index in [9.17, 15) is 4.39 Å². The van der Waals surface area contributed by atoms with Gasteiger partial charge in [-0.3, -0.25) is 0 Å². The van der Waals surface area contributed by atoms with Crippen LogP contribution >= 0.6 is 0 Å². The first-order valence-corrected chi connectivity index (χ1v) is 4.92. The lowest BCUT2D eigenvalue weighted by atomic mass is 10.3. The molecule has 1 heterocycles. The Morgan fingerprint density at radius 2 is 2.19 bits per heavy atom. The maximum atomic E-state index is 13.5. The van der Waals surface area contributed by atoms with Gasteiger partial charge in [0.25, 0.3) is 0 Å². The van der Waals surface area contributed by atoms with Gasteiger partial charge >= 0.3 is 0 Å². The number of para-hydroxylation sites is 1. The van der Waals surface area contributed by atoms with E-state index >= 15 is 0 Å². The average molecular weight is 221 g/mol. The van der Waals surface area contributed by atoms with Crippen LogP contribution in [0.3, 0.4) is 0 Å². The van der Waals surface area contributed by atoms with Crippen molar-refractivity contribution in [1.29, 1.82) is 0 Å². The molecule has 2 aromatic rings. The zero-order chi connectivity index (χ0) is 11.4. The van der Waals surface area contributed by atoms with Gasteiger partial charge in [-0.1, -0.05) is 6.07 Å². The molecule has 0 aliphatic carbocycles. The van der Waals surface area contributed by atoms with E-state index in [0.717, 1.165) is 0 Å². The fourth-order valence-corrected chi connectivity index (χ4v) is 1.39. The third-order valence-corrected chi connectivity index (χ3v) is 2.18. The van der Waals surface area contributed by atoms with E-state index in [4.69, 9.17) is 9.15 Å². The molecule has 16 heavy (non-hydrogen) atoms. The minimum atomic E-state index is -0.390. The van der Waals surface area contributed by atoms with Gasteiger partial charge in [0.2, 0.25) is 0 Å². The van der Waals surface area contributed by atoms with Crippen LogP contribution in [0, 0.1) is 5.82 Å². The lowest BCUT2D eigenvalue weighted by Gasteiger charge is -2.10. The minimum Gasteiger partial charge on any atom is -0.480 e. The van der Waals surface area contributed by atoms with Gasteiger partial charge < -0.3 is 14.5 Å². The topological polar surface area (TPSA) is 34.4 Å². The van der Waals surface area contributed by atoms with E-state index < -0.39 is 5.82 Å². The molecule has 2 rings (SSSR count). The molecule has 0 saturated carbocycles. The quantitative estimate of drug-likeness (QED) is 0.861. The van der Waals surface area contributed by atoms with Crippen molar-refractivity contribution in [3.8, 4) is 5.75 Å². The largest absolute Gasteiger partial charge is 0.480 e. The Hall–Kier alpha value is -1.97. The minimum absolute atomic E-state index is 0.210. The van der Waals surface area contributed by atoms with Crippen LogP contribution in [-0.2, 0) is 6.61 Å². The summed E-state index contributed by atoms with van der Waals surface area (Å²) in [5.41, 5.74) is 0.617. The predicted molar refractivity (Wildman–Crippen MR) is 59.0 cm³/mol. The van der Waals surface area contributed by atoms with Crippen LogP contribution in [0.15, 0.2) is 41.0 Å².